The Morgan fingerprint density at radius 2 is 2.04 bits per heavy atom. The molecule has 2 aromatic carbocycles. The van der Waals surface area contributed by atoms with Gasteiger partial charge in [0.05, 0.1) is 30.4 Å². The monoisotopic (exact) mass is 414 g/mol. The standard InChI is InChI=1S/C19H19BrN4O2/c1-13(15-8-9-18(26-2)16(20)10-15)21-19(25)17-12-24(23-22-17)11-14-6-4-3-5-7-14/h3-10,12-13H,11H2,1-2H3,(H,21,25). The summed E-state index contributed by atoms with van der Waals surface area (Å²) in [6.45, 7) is 2.49. The summed E-state index contributed by atoms with van der Waals surface area (Å²) in [5.74, 6) is 0.486. The molecule has 3 aromatic rings. The predicted octanol–water partition coefficient (Wildman–Crippen LogP) is 3.59. The van der Waals surface area contributed by atoms with Crippen molar-refractivity contribution in [3.63, 3.8) is 0 Å². The lowest BCUT2D eigenvalue weighted by Gasteiger charge is -2.14. The normalized spacial score (nSPS) is 11.8. The van der Waals surface area contributed by atoms with Crippen LogP contribution in [0.3, 0.4) is 0 Å². The van der Waals surface area contributed by atoms with Crippen molar-refractivity contribution in [1.29, 1.82) is 0 Å². The minimum atomic E-state index is -0.260. The number of benzene rings is 2. The molecule has 1 N–H and O–H groups in total. The molecule has 0 saturated carbocycles. The highest BCUT2D eigenvalue weighted by atomic mass is 79.9. The number of amides is 1. The predicted molar refractivity (Wildman–Crippen MR) is 102 cm³/mol. The summed E-state index contributed by atoms with van der Waals surface area (Å²) in [6.07, 6.45) is 1.65. The Morgan fingerprint density at radius 1 is 1.27 bits per heavy atom. The number of nitrogens with one attached hydrogen (secondary N) is 1. The van der Waals surface area contributed by atoms with Gasteiger partial charge in [-0.3, -0.25) is 4.79 Å². The van der Waals surface area contributed by atoms with E-state index < -0.39 is 0 Å². The molecule has 1 heterocycles. The van der Waals surface area contributed by atoms with E-state index in [1.165, 1.54) is 0 Å². The van der Waals surface area contributed by atoms with Crippen LogP contribution in [0.4, 0.5) is 0 Å². The van der Waals surface area contributed by atoms with E-state index in [4.69, 9.17) is 4.74 Å². The summed E-state index contributed by atoms with van der Waals surface area (Å²) in [5.41, 5.74) is 2.35. The van der Waals surface area contributed by atoms with E-state index in [-0.39, 0.29) is 11.9 Å². The van der Waals surface area contributed by atoms with E-state index in [0.29, 0.717) is 12.2 Å². The number of hydrogen-bond donors (Lipinski definition) is 1. The molecule has 0 aliphatic rings. The molecule has 0 radical (unpaired) electrons. The zero-order chi connectivity index (χ0) is 18.5. The Kier molecular flexibility index (Phi) is 5.68. The van der Waals surface area contributed by atoms with E-state index in [1.807, 2.05) is 55.5 Å². The number of hydrogen-bond acceptors (Lipinski definition) is 4. The molecule has 0 aliphatic heterocycles. The second kappa shape index (κ2) is 8.14. The van der Waals surface area contributed by atoms with Gasteiger partial charge in [0.15, 0.2) is 5.69 Å². The van der Waals surface area contributed by atoms with Crippen molar-refractivity contribution in [3.05, 3.63) is 76.0 Å². The Balaban J connectivity index is 1.65. The topological polar surface area (TPSA) is 69.0 Å². The zero-order valence-corrected chi connectivity index (χ0v) is 16.1. The van der Waals surface area contributed by atoms with Crippen LogP contribution in [0, 0.1) is 0 Å². The molecule has 1 atom stereocenters. The summed E-state index contributed by atoms with van der Waals surface area (Å²) in [7, 11) is 1.61. The average Bonchev–Trinajstić information content (AvgIpc) is 3.11. The lowest BCUT2D eigenvalue weighted by molar-refractivity contribution is 0.0934. The molecule has 0 saturated heterocycles. The van der Waals surface area contributed by atoms with Gasteiger partial charge in [0, 0.05) is 0 Å². The van der Waals surface area contributed by atoms with E-state index in [2.05, 4.69) is 31.6 Å². The molecule has 1 amide bonds. The van der Waals surface area contributed by atoms with Gasteiger partial charge in [-0.05, 0) is 46.1 Å². The molecule has 134 valence electrons. The number of carbonyl (C=O) groups is 1. The van der Waals surface area contributed by atoms with Crippen molar-refractivity contribution >= 4 is 21.8 Å². The molecule has 26 heavy (non-hydrogen) atoms. The first-order valence-electron chi connectivity index (χ1n) is 8.15. The first-order valence-corrected chi connectivity index (χ1v) is 8.94. The van der Waals surface area contributed by atoms with Crippen LogP contribution in [0.25, 0.3) is 0 Å². The summed E-state index contributed by atoms with van der Waals surface area (Å²) in [6, 6.07) is 15.4. The van der Waals surface area contributed by atoms with Crippen molar-refractivity contribution in [2.45, 2.75) is 19.5 Å². The van der Waals surface area contributed by atoms with Gasteiger partial charge < -0.3 is 10.1 Å². The first kappa shape index (κ1) is 18.1. The Hall–Kier alpha value is -2.67. The van der Waals surface area contributed by atoms with Crippen molar-refractivity contribution < 1.29 is 9.53 Å². The van der Waals surface area contributed by atoms with Crippen molar-refractivity contribution in [1.82, 2.24) is 20.3 Å². The second-order valence-electron chi connectivity index (χ2n) is 5.88. The minimum Gasteiger partial charge on any atom is -0.496 e. The fourth-order valence-corrected chi connectivity index (χ4v) is 3.11. The van der Waals surface area contributed by atoms with Gasteiger partial charge >= 0.3 is 0 Å². The SMILES string of the molecule is COc1ccc(C(C)NC(=O)c2cn(Cc3ccccc3)nn2)cc1Br. The highest BCUT2D eigenvalue weighted by Crippen LogP contribution is 2.28. The quantitative estimate of drug-likeness (QED) is 0.668. The maximum atomic E-state index is 12.4. The maximum Gasteiger partial charge on any atom is 0.273 e. The molecule has 0 aliphatic carbocycles. The lowest BCUT2D eigenvalue weighted by Crippen LogP contribution is -2.27. The Morgan fingerprint density at radius 3 is 2.73 bits per heavy atom. The third-order valence-corrected chi connectivity index (χ3v) is 4.60. The van der Waals surface area contributed by atoms with Crippen molar-refractivity contribution in [2.75, 3.05) is 7.11 Å². The van der Waals surface area contributed by atoms with Crippen LogP contribution in [-0.4, -0.2) is 28.0 Å². The summed E-state index contributed by atoms with van der Waals surface area (Å²) >= 11 is 3.46. The van der Waals surface area contributed by atoms with Crippen LogP contribution < -0.4 is 10.1 Å². The second-order valence-corrected chi connectivity index (χ2v) is 6.73. The molecule has 0 bridgehead atoms. The molecule has 3 rings (SSSR count). The Labute approximate surface area is 160 Å². The van der Waals surface area contributed by atoms with E-state index in [0.717, 1.165) is 21.3 Å². The summed E-state index contributed by atoms with van der Waals surface area (Å²) in [5, 5.41) is 10.9. The highest BCUT2D eigenvalue weighted by molar-refractivity contribution is 9.10. The molecule has 1 unspecified atom stereocenters. The smallest absolute Gasteiger partial charge is 0.273 e. The maximum absolute atomic E-state index is 12.4. The Bertz CT molecular complexity index is 896. The van der Waals surface area contributed by atoms with Crippen LogP contribution in [-0.2, 0) is 6.54 Å². The summed E-state index contributed by atoms with van der Waals surface area (Å²) in [4.78, 5) is 12.4. The number of ether oxygens (including phenoxy) is 1. The van der Waals surface area contributed by atoms with E-state index in [1.54, 1.807) is 18.0 Å². The van der Waals surface area contributed by atoms with Crippen molar-refractivity contribution in [2.24, 2.45) is 0 Å². The van der Waals surface area contributed by atoms with Gasteiger partial charge in [0.25, 0.3) is 5.91 Å². The lowest BCUT2D eigenvalue weighted by atomic mass is 10.1. The fraction of sp³-hybridized carbons (Fsp3) is 0.211. The van der Waals surface area contributed by atoms with Crippen LogP contribution in [0.1, 0.15) is 34.6 Å². The number of rotatable bonds is 6. The van der Waals surface area contributed by atoms with Gasteiger partial charge in [0.1, 0.15) is 5.75 Å². The molecule has 7 heteroatoms. The minimum absolute atomic E-state index is 0.177. The summed E-state index contributed by atoms with van der Waals surface area (Å²) < 4.78 is 7.72. The van der Waals surface area contributed by atoms with E-state index in [9.17, 15) is 4.79 Å². The van der Waals surface area contributed by atoms with Gasteiger partial charge in [0.2, 0.25) is 0 Å². The number of halogens is 1. The van der Waals surface area contributed by atoms with Crippen LogP contribution in [0.15, 0.2) is 59.2 Å². The van der Waals surface area contributed by atoms with Gasteiger partial charge in [-0.25, -0.2) is 4.68 Å². The number of methoxy groups -OCH3 is 1. The molecule has 6 nitrogen and oxygen atoms in total. The molecular formula is C19H19BrN4O2. The van der Waals surface area contributed by atoms with Crippen molar-refractivity contribution in [3.8, 4) is 5.75 Å². The number of aromatic nitrogens is 3. The zero-order valence-electron chi connectivity index (χ0n) is 14.5. The average molecular weight is 415 g/mol. The molecule has 0 fully saturated rings. The number of nitrogens with zero attached hydrogens (tertiary/aromatic N) is 3. The fourth-order valence-electron chi connectivity index (χ4n) is 2.56. The molecule has 0 spiro atoms. The van der Waals surface area contributed by atoms with Crippen LogP contribution in [0.5, 0.6) is 5.75 Å². The third-order valence-electron chi connectivity index (χ3n) is 3.98. The molecular weight excluding hydrogens is 396 g/mol. The largest absolute Gasteiger partial charge is 0.496 e. The highest BCUT2D eigenvalue weighted by Gasteiger charge is 2.16. The van der Waals surface area contributed by atoms with Gasteiger partial charge in [-0.2, -0.15) is 0 Å². The van der Waals surface area contributed by atoms with Gasteiger partial charge in [-0.1, -0.05) is 41.6 Å². The molecule has 1 aromatic heterocycles. The number of carbonyl (C=O) groups excluding carboxylic acids is 1. The first-order chi connectivity index (χ1) is 12.6. The third kappa shape index (κ3) is 4.29. The van der Waals surface area contributed by atoms with Crippen LogP contribution in [0.2, 0.25) is 0 Å². The van der Waals surface area contributed by atoms with E-state index >= 15 is 0 Å². The van der Waals surface area contributed by atoms with Gasteiger partial charge in [-0.15, -0.1) is 5.10 Å². The van der Waals surface area contributed by atoms with Crippen LogP contribution >= 0.6 is 15.9 Å².